The molecule has 1 spiro atoms. The van der Waals surface area contributed by atoms with Gasteiger partial charge in [-0.25, -0.2) is 0 Å². The number of allylic oxidation sites excluding steroid dienone is 2. The number of aliphatic hydroxyl groups is 3. The lowest BCUT2D eigenvalue weighted by molar-refractivity contribution is -0.142. The Hall–Kier alpha value is -6.36. The van der Waals surface area contributed by atoms with Crippen molar-refractivity contribution in [3.8, 4) is 29.1 Å². The Labute approximate surface area is 491 Å². The Kier molecular flexibility index (Phi) is 17.9. The van der Waals surface area contributed by atoms with Crippen LogP contribution in [0.25, 0.3) is 10.8 Å². The van der Waals surface area contributed by atoms with Crippen LogP contribution < -0.4 is 20.7 Å². The van der Waals surface area contributed by atoms with Gasteiger partial charge in [0.05, 0.1) is 25.2 Å². The van der Waals surface area contributed by atoms with Crippen molar-refractivity contribution in [2.75, 3.05) is 32.1 Å². The number of carbonyl (C=O) groups is 2. The third kappa shape index (κ3) is 12.4. The minimum Gasteiger partial charge on any atom is -0.507 e. The summed E-state index contributed by atoms with van der Waals surface area (Å²) in [6.07, 6.45) is 15.7. The van der Waals surface area contributed by atoms with E-state index in [-0.39, 0.29) is 59.2 Å². The van der Waals surface area contributed by atoms with Gasteiger partial charge in [-0.3, -0.25) is 9.59 Å². The molecule has 3 fully saturated rings. The molecule has 12 nitrogen and oxygen atoms in total. The zero-order valence-corrected chi connectivity index (χ0v) is 49.2. The summed E-state index contributed by atoms with van der Waals surface area (Å²) < 4.78 is 5.68. The number of phenols is 2. The molecule has 9 bridgehead atoms. The Morgan fingerprint density at radius 3 is 2.41 bits per heavy atom. The first kappa shape index (κ1) is 58.4. The highest BCUT2D eigenvalue weighted by Gasteiger charge is 2.51. The van der Waals surface area contributed by atoms with Gasteiger partial charge >= 0.3 is 0 Å². The van der Waals surface area contributed by atoms with Crippen LogP contribution in [0.1, 0.15) is 167 Å². The quantitative estimate of drug-likeness (QED) is 0.0600. The second-order valence-electron chi connectivity index (χ2n) is 25.9. The summed E-state index contributed by atoms with van der Waals surface area (Å²) in [7, 11) is 1.52. The number of aromatic hydroxyl groups is 2. The van der Waals surface area contributed by atoms with Crippen molar-refractivity contribution in [3.63, 3.8) is 0 Å². The number of anilines is 1. The summed E-state index contributed by atoms with van der Waals surface area (Å²) in [4.78, 5) is 33.6. The number of hydrogen-bond acceptors (Lipinski definition) is 11. The van der Waals surface area contributed by atoms with Crippen LogP contribution >= 0.6 is 0 Å². The number of ketones is 2. The van der Waals surface area contributed by atoms with Gasteiger partial charge in [0.2, 0.25) is 0 Å². The molecule has 3 saturated carbocycles. The number of aromatic amines is 1. The predicted octanol–water partition coefficient (Wildman–Crippen LogP) is 11.8. The third-order valence-corrected chi connectivity index (χ3v) is 20.5. The number of nitrogens with one attached hydrogen (secondary N) is 4. The van der Waals surface area contributed by atoms with E-state index in [0.717, 1.165) is 109 Å². The smallest absolute Gasteiger partial charge is 0.173 e. The number of dihydropyridines is 1. The number of carbonyl (C=O) groups excluding carboxylic acids is 2. The summed E-state index contributed by atoms with van der Waals surface area (Å²) in [6, 6.07) is 24.3. The van der Waals surface area contributed by atoms with Crippen LogP contribution in [0.2, 0.25) is 0 Å². The molecule has 440 valence electrons. The lowest BCUT2D eigenvalue weighted by atomic mass is 9.62. The van der Waals surface area contributed by atoms with E-state index in [9.17, 15) is 30.3 Å². The van der Waals surface area contributed by atoms with Gasteiger partial charge < -0.3 is 51.2 Å². The van der Waals surface area contributed by atoms with Crippen LogP contribution in [0.4, 0.5) is 5.69 Å². The maximum absolute atomic E-state index is 15.6. The minimum absolute atomic E-state index is 0.00242. The average molecular weight is 1130 g/mol. The molecule has 11 rings (SSSR count). The van der Waals surface area contributed by atoms with Crippen LogP contribution in [-0.4, -0.2) is 87.1 Å². The first-order valence-corrected chi connectivity index (χ1v) is 31.4. The first-order valence-electron chi connectivity index (χ1n) is 31.4. The van der Waals surface area contributed by atoms with Crippen LogP contribution in [-0.2, 0) is 28.9 Å². The fraction of sp³-hybridized carbons (Fsp3) is 0.521. The molecule has 2 aliphatic heterocycles. The normalized spacial score (nSPS) is 29.9. The van der Waals surface area contributed by atoms with E-state index >= 15 is 4.79 Å². The zero-order chi connectivity index (χ0) is 57.9. The van der Waals surface area contributed by atoms with Crippen molar-refractivity contribution in [2.24, 2.45) is 40.9 Å². The number of aliphatic hydroxyl groups excluding tert-OH is 3. The van der Waals surface area contributed by atoms with Gasteiger partial charge in [0.1, 0.15) is 11.6 Å². The third-order valence-electron chi connectivity index (χ3n) is 20.5. The van der Waals surface area contributed by atoms with Crippen molar-refractivity contribution in [1.82, 2.24) is 15.6 Å². The molecule has 6 aliphatic rings. The fourth-order valence-corrected chi connectivity index (χ4v) is 16.1. The van der Waals surface area contributed by atoms with E-state index < -0.39 is 47.6 Å². The molecule has 4 aliphatic carbocycles. The van der Waals surface area contributed by atoms with Gasteiger partial charge in [0.25, 0.3) is 0 Å². The molecule has 1 aromatic heterocycles. The van der Waals surface area contributed by atoms with Gasteiger partial charge in [-0.1, -0.05) is 113 Å². The fourth-order valence-electron chi connectivity index (χ4n) is 16.1. The highest BCUT2D eigenvalue weighted by Crippen LogP contribution is 2.58. The second-order valence-corrected chi connectivity index (χ2v) is 25.9. The van der Waals surface area contributed by atoms with Crippen molar-refractivity contribution >= 4 is 28.0 Å². The van der Waals surface area contributed by atoms with Crippen molar-refractivity contribution in [2.45, 2.75) is 166 Å². The van der Waals surface area contributed by atoms with Crippen LogP contribution in [0.5, 0.6) is 17.2 Å². The highest BCUT2D eigenvalue weighted by atomic mass is 16.5. The van der Waals surface area contributed by atoms with E-state index in [4.69, 9.17) is 4.74 Å². The van der Waals surface area contributed by atoms with Crippen LogP contribution in [0.3, 0.4) is 0 Å². The lowest BCUT2D eigenvalue weighted by Gasteiger charge is -2.43. The molecular weight excluding hydrogens is 1040 g/mol. The topological polar surface area (TPSA) is 196 Å². The van der Waals surface area contributed by atoms with E-state index in [2.05, 4.69) is 96.0 Å². The number of rotatable bonds is 5. The van der Waals surface area contributed by atoms with E-state index in [0.29, 0.717) is 68.1 Å². The molecule has 83 heavy (non-hydrogen) atoms. The largest absolute Gasteiger partial charge is 0.507 e. The van der Waals surface area contributed by atoms with E-state index in [1.807, 2.05) is 36.5 Å². The first-order chi connectivity index (χ1) is 40.2. The molecule has 0 amide bonds. The Morgan fingerprint density at radius 1 is 0.807 bits per heavy atom. The van der Waals surface area contributed by atoms with E-state index in [1.54, 1.807) is 12.1 Å². The maximum atomic E-state index is 15.6. The molecule has 0 radical (unpaired) electrons. The number of fused-ring (bicyclic) bond motifs is 11. The summed E-state index contributed by atoms with van der Waals surface area (Å²) in [6.45, 7) is 8.20. The number of aryl methyl sites for hydroxylation is 1. The molecule has 12 heteroatoms. The molecule has 3 heterocycles. The second kappa shape index (κ2) is 25.5. The minimum atomic E-state index is -1.85. The Morgan fingerprint density at radius 2 is 1.61 bits per heavy atom. The van der Waals surface area contributed by atoms with Gasteiger partial charge in [0.15, 0.2) is 29.2 Å². The molecule has 12 atom stereocenters. The number of hydrogen-bond donors (Lipinski definition) is 9. The predicted molar refractivity (Wildman–Crippen MR) is 327 cm³/mol. The summed E-state index contributed by atoms with van der Waals surface area (Å²) in [5, 5.41) is 72.0. The Bertz CT molecular complexity index is 3290. The zero-order valence-electron chi connectivity index (χ0n) is 49.2. The molecule has 0 saturated heterocycles. The van der Waals surface area contributed by atoms with Crippen molar-refractivity contribution in [3.05, 3.63) is 142 Å². The number of methoxy groups -OCH3 is 1. The van der Waals surface area contributed by atoms with Crippen LogP contribution in [0, 0.1) is 52.8 Å². The van der Waals surface area contributed by atoms with Gasteiger partial charge in [0, 0.05) is 73.7 Å². The number of aromatic nitrogens is 1. The molecular formula is C71H88N4O8. The lowest BCUT2D eigenvalue weighted by Crippen LogP contribution is -2.40. The van der Waals surface area contributed by atoms with E-state index in [1.165, 1.54) is 24.7 Å². The summed E-state index contributed by atoms with van der Waals surface area (Å²) in [5.41, 5.74) is 8.31. The maximum Gasteiger partial charge on any atom is 0.173 e. The van der Waals surface area contributed by atoms with Gasteiger partial charge in [-0.2, -0.15) is 0 Å². The number of β-amino-alcohol motifs (C(OH)–C–C–N with tert-alkyl or cyclic N) is 1. The highest BCUT2D eigenvalue weighted by molar-refractivity contribution is 6.06. The number of benzene rings is 4. The molecule has 4 aromatic carbocycles. The van der Waals surface area contributed by atoms with Crippen LogP contribution in [0.15, 0.2) is 103 Å². The summed E-state index contributed by atoms with van der Waals surface area (Å²) in [5.74, 6) is 6.82. The summed E-state index contributed by atoms with van der Waals surface area (Å²) >= 11 is 0. The number of phenolic OH excluding ortho intramolecular Hbond substituents is 2. The number of Topliss-reactive ketones (excluding diaryl/α,β-unsaturated/α-hetero) is 2. The SMILES string of the molecule is CCCC1C(O)Cc2cc(c[nH]2)C(C)CNCC(O)Cc2ccc3ccc(cc3c2O)NC2=CC(=CCN2)C2(CCCC2)C2CC3C#CC(c4ccccc4C4CCCC(C)C4)c4cc(O)c(OC)cc4CCC(=O)C(O)C(=O)C3CC1C2. The average Bonchev–Trinajstić information content (AvgIpc) is 4.38. The number of H-pyrrole nitrogens is 1. The van der Waals surface area contributed by atoms with Crippen molar-refractivity contribution in [1.29, 1.82) is 0 Å². The molecule has 5 aromatic rings. The number of ether oxygens (including phenoxy) is 1. The molecule has 12 unspecified atom stereocenters. The Balaban J connectivity index is 1.07. The van der Waals surface area contributed by atoms with Gasteiger partial charge in [-0.15, -0.1) is 0 Å². The van der Waals surface area contributed by atoms with Gasteiger partial charge in [-0.05, 0) is 179 Å². The molecule has 9 N–H and O–H groups in total. The monoisotopic (exact) mass is 1120 g/mol. The van der Waals surface area contributed by atoms with Crippen molar-refractivity contribution < 1.29 is 39.9 Å². The standard InChI is InChI=1S/C71H88N4O8/c1-5-11-57-49-30-52(29-46-19-22-59(58-15-7-6-14-56(58)45-13-10-12-42(2)28-45)60-38-65(79)66(83-4)34-47(60)20-23-63(77)70(82)69(81)61(46)33-49)71(25-8-9-26-71)51-24-27-73-67(35-51)75-53-21-18-44-16-17-48(68(80)62(44)36-53)32-55(76)41-72-39-43(3)50-31-54(74-40-50)37-64(57)78/h6-7,14-18,21,24,31,34-36,38,40,42-43,45-46,49,52,55,57,59,61,64,70,72-76,78-80,82H,5,8-13,20,23,25-30,32-33,37,39,41H2,1-4H3.